The van der Waals surface area contributed by atoms with Crippen molar-refractivity contribution in [1.29, 1.82) is 0 Å². The van der Waals surface area contributed by atoms with Crippen molar-refractivity contribution in [1.82, 2.24) is 0 Å². The molecule has 12 heavy (non-hydrogen) atoms. The molecule has 0 spiro atoms. The number of hydrogen-bond acceptors (Lipinski definition) is 4. The number of anilines is 1. The molecule has 0 unspecified atom stereocenters. The first-order valence-electron chi connectivity index (χ1n) is 2.97. The van der Waals surface area contributed by atoms with Gasteiger partial charge >= 0.3 is 0 Å². The lowest BCUT2D eigenvalue weighted by Gasteiger charge is -2.01. The second kappa shape index (κ2) is 2.65. The molecular weight excluding hydrogens is 182 g/mol. The van der Waals surface area contributed by atoms with Crippen molar-refractivity contribution < 1.29 is 18.1 Å². The summed E-state index contributed by atoms with van der Waals surface area (Å²) in [5.41, 5.74) is 5.03. The Hall–Kier alpha value is -1.27. The zero-order chi connectivity index (χ0) is 9.35. The molecule has 5 nitrogen and oxygen atoms in total. The highest BCUT2D eigenvalue weighted by Gasteiger charge is 2.13. The van der Waals surface area contributed by atoms with Crippen LogP contribution in [0.3, 0.4) is 0 Å². The lowest BCUT2D eigenvalue weighted by Crippen LogP contribution is -2.02. The second-order valence-electron chi connectivity index (χ2n) is 2.20. The zero-order valence-corrected chi connectivity index (χ0v) is 6.75. The highest BCUT2D eigenvalue weighted by Crippen LogP contribution is 2.22. The Balaban J connectivity index is 3.39. The molecule has 0 aliphatic heterocycles. The van der Waals surface area contributed by atoms with Gasteiger partial charge in [-0.25, -0.2) is 0 Å². The molecule has 6 heteroatoms. The number of benzene rings is 1. The molecule has 0 amide bonds. The van der Waals surface area contributed by atoms with E-state index in [9.17, 15) is 8.42 Å². The van der Waals surface area contributed by atoms with Gasteiger partial charge in [0.1, 0.15) is 10.6 Å². The number of hydrogen-bond donors (Lipinski definition) is 3. The van der Waals surface area contributed by atoms with Crippen LogP contribution in [0.4, 0.5) is 5.69 Å². The van der Waals surface area contributed by atoms with Crippen LogP contribution in [-0.2, 0) is 10.1 Å². The van der Waals surface area contributed by atoms with Gasteiger partial charge in [0.25, 0.3) is 10.1 Å². The van der Waals surface area contributed by atoms with Crippen LogP contribution in [0, 0.1) is 0 Å². The summed E-state index contributed by atoms with van der Waals surface area (Å²) in [6, 6.07) is 3.20. The van der Waals surface area contributed by atoms with Crippen LogP contribution in [0.1, 0.15) is 0 Å². The van der Waals surface area contributed by atoms with Gasteiger partial charge < -0.3 is 10.8 Å². The van der Waals surface area contributed by atoms with Crippen molar-refractivity contribution in [2.45, 2.75) is 4.90 Å². The van der Waals surface area contributed by atoms with E-state index in [2.05, 4.69) is 0 Å². The van der Waals surface area contributed by atoms with E-state index < -0.39 is 15.0 Å². The van der Waals surface area contributed by atoms with Crippen molar-refractivity contribution in [2.75, 3.05) is 5.73 Å². The van der Waals surface area contributed by atoms with Gasteiger partial charge in [-0.15, -0.1) is 0 Å². The molecular formula is C6H7NO4S. The van der Waals surface area contributed by atoms with E-state index >= 15 is 0 Å². The van der Waals surface area contributed by atoms with Crippen LogP contribution in [0.15, 0.2) is 23.1 Å². The molecule has 0 heterocycles. The molecule has 0 aliphatic carbocycles. The number of rotatable bonds is 1. The lowest BCUT2D eigenvalue weighted by molar-refractivity contribution is 0.473. The van der Waals surface area contributed by atoms with Crippen LogP contribution < -0.4 is 5.73 Å². The van der Waals surface area contributed by atoms with Crippen molar-refractivity contribution in [3.63, 3.8) is 0 Å². The maximum Gasteiger partial charge on any atom is 0.296 e. The molecule has 0 fully saturated rings. The highest BCUT2D eigenvalue weighted by molar-refractivity contribution is 7.86. The van der Waals surface area contributed by atoms with Crippen molar-refractivity contribution >= 4 is 15.8 Å². The minimum absolute atomic E-state index is 0.153. The summed E-state index contributed by atoms with van der Waals surface area (Å²) < 4.78 is 29.7. The first-order valence-corrected chi connectivity index (χ1v) is 4.41. The first-order chi connectivity index (χ1) is 5.41. The summed E-state index contributed by atoms with van der Waals surface area (Å²) in [5, 5.41) is 8.85. The third kappa shape index (κ3) is 1.66. The van der Waals surface area contributed by atoms with Gasteiger partial charge in [-0.3, -0.25) is 4.55 Å². The van der Waals surface area contributed by atoms with Gasteiger partial charge in [0.15, 0.2) is 0 Å². The van der Waals surface area contributed by atoms with E-state index in [1.165, 1.54) is 0 Å². The third-order valence-electron chi connectivity index (χ3n) is 1.27. The summed E-state index contributed by atoms with van der Waals surface area (Å²) in [4.78, 5) is -0.402. The summed E-state index contributed by atoms with van der Waals surface area (Å²) in [6.45, 7) is 0. The summed E-state index contributed by atoms with van der Waals surface area (Å²) in [6.07, 6.45) is 0. The minimum Gasteiger partial charge on any atom is -0.508 e. The molecule has 1 rings (SSSR count). The molecule has 0 atom stereocenters. The zero-order valence-electron chi connectivity index (χ0n) is 5.93. The van der Waals surface area contributed by atoms with Gasteiger partial charge in [-0.05, 0) is 12.1 Å². The number of phenols is 1. The van der Waals surface area contributed by atoms with Gasteiger partial charge in [-0.2, -0.15) is 8.42 Å². The molecule has 0 bridgehead atoms. The molecule has 0 saturated heterocycles. The topological polar surface area (TPSA) is 101 Å². The first kappa shape index (κ1) is 8.82. The quantitative estimate of drug-likeness (QED) is 0.433. The van der Waals surface area contributed by atoms with Crippen LogP contribution in [0.2, 0.25) is 0 Å². The number of nitrogens with two attached hydrogens (primary N) is 1. The van der Waals surface area contributed by atoms with E-state index in [0.29, 0.717) is 0 Å². The van der Waals surface area contributed by atoms with Crippen LogP contribution >= 0.6 is 0 Å². The third-order valence-corrected chi connectivity index (χ3v) is 2.20. The van der Waals surface area contributed by atoms with Crippen molar-refractivity contribution in [3.05, 3.63) is 18.2 Å². The Kier molecular flexibility index (Phi) is 1.95. The Morgan fingerprint density at radius 3 is 2.33 bits per heavy atom. The number of aromatic hydroxyl groups is 1. The Bertz CT molecular complexity index is 398. The minimum atomic E-state index is -4.29. The van der Waals surface area contributed by atoms with Crippen molar-refractivity contribution in [2.24, 2.45) is 0 Å². The van der Waals surface area contributed by atoms with E-state index in [-0.39, 0.29) is 11.4 Å². The average Bonchev–Trinajstić information content (AvgIpc) is 1.83. The van der Waals surface area contributed by atoms with E-state index in [4.69, 9.17) is 15.4 Å². The molecule has 1 aromatic rings. The maximum absolute atomic E-state index is 10.6. The van der Waals surface area contributed by atoms with Crippen molar-refractivity contribution in [3.8, 4) is 5.75 Å². The molecule has 0 saturated carbocycles. The summed E-state index contributed by atoms with van der Waals surface area (Å²) in [5.74, 6) is -0.153. The lowest BCUT2D eigenvalue weighted by atomic mass is 10.3. The van der Waals surface area contributed by atoms with Crippen LogP contribution in [0.25, 0.3) is 0 Å². The van der Waals surface area contributed by atoms with Gasteiger partial charge in [0.05, 0.1) is 5.69 Å². The van der Waals surface area contributed by atoms with E-state index in [1.807, 2.05) is 0 Å². The Morgan fingerprint density at radius 1 is 1.33 bits per heavy atom. The fourth-order valence-corrected chi connectivity index (χ4v) is 1.37. The van der Waals surface area contributed by atoms with E-state index in [0.717, 1.165) is 18.2 Å². The SMILES string of the molecule is Nc1cc(O)ccc1S(=O)(=O)O. The fraction of sp³-hybridized carbons (Fsp3) is 0. The normalized spacial score (nSPS) is 11.4. The fourth-order valence-electron chi connectivity index (χ4n) is 0.771. The Labute approximate surface area is 69.2 Å². The largest absolute Gasteiger partial charge is 0.508 e. The Morgan fingerprint density at radius 2 is 1.92 bits per heavy atom. The average molecular weight is 189 g/mol. The standard InChI is InChI=1S/C6H7NO4S/c7-5-3-4(8)1-2-6(5)12(9,10)11/h1-3,8H,7H2,(H,9,10,11). The molecule has 66 valence electrons. The van der Waals surface area contributed by atoms with Gasteiger partial charge in [0, 0.05) is 6.07 Å². The van der Waals surface area contributed by atoms with Crippen LogP contribution in [0.5, 0.6) is 5.75 Å². The maximum atomic E-state index is 10.6. The van der Waals surface area contributed by atoms with Gasteiger partial charge in [0.2, 0.25) is 0 Å². The molecule has 0 radical (unpaired) electrons. The van der Waals surface area contributed by atoms with Gasteiger partial charge in [-0.1, -0.05) is 0 Å². The molecule has 1 aromatic carbocycles. The summed E-state index contributed by atoms with van der Waals surface area (Å²) >= 11 is 0. The number of nitrogen functional groups attached to an aromatic ring is 1. The molecule has 0 aromatic heterocycles. The smallest absolute Gasteiger partial charge is 0.296 e. The van der Waals surface area contributed by atoms with E-state index in [1.54, 1.807) is 0 Å². The molecule has 0 aliphatic rings. The molecule has 4 N–H and O–H groups in total. The predicted molar refractivity (Wildman–Crippen MR) is 42.3 cm³/mol. The van der Waals surface area contributed by atoms with Crippen LogP contribution in [-0.4, -0.2) is 18.1 Å². The predicted octanol–water partition coefficient (Wildman–Crippen LogP) is 0.221. The second-order valence-corrected chi connectivity index (χ2v) is 3.59. The summed E-state index contributed by atoms with van der Waals surface area (Å²) in [7, 11) is -4.29. The highest BCUT2D eigenvalue weighted by atomic mass is 32.2. The number of phenolic OH excluding ortho intramolecular Hbond substituents is 1. The monoisotopic (exact) mass is 189 g/mol.